The lowest BCUT2D eigenvalue weighted by molar-refractivity contribution is -0.141. The molecule has 1 aromatic carbocycles. The Balaban J connectivity index is 2.09. The van der Waals surface area contributed by atoms with Crippen LogP contribution in [-0.4, -0.2) is 30.2 Å². The molecule has 0 unspecified atom stereocenters. The molecule has 6 nitrogen and oxygen atoms in total. The van der Waals surface area contributed by atoms with Gasteiger partial charge in [-0.15, -0.1) is 0 Å². The van der Waals surface area contributed by atoms with Gasteiger partial charge < -0.3 is 14.0 Å². The molecule has 1 aliphatic carbocycles. The topological polar surface area (TPSA) is 69.9 Å². The second kappa shape index (κ2) is 6.54. The summed E-state index contributed by atoms with van der Waals surface area (Å²) < 4.78 is 12.9. The molecule has 3 rings (SSSR count). The first-order chi connectivity index (χ1) is 11.1. The van der Waals surface area contributed by atoms with E-state index in [2.05, 4.69) is 4.99 Å². The van der Waals surface area contributed by atoms with Crippen LogP contribution < -0.4 is 9.54 Å². The molecular formula is C16H18N2O4S. The van der Waals surface area contributed by atoms with Crippen molar-refractivity contribution in [3.05, 3.63) is 23.0 Å². The van der Waals surface area contributed by atoms with E-state index in [9.17, 15) is 9.59 Å². The van der Waals surface area contributed by atoms with E-state index in [0.717, 1.165) is 28.8 Å². The summed E-state index contributed by atoms with van der Waals surface area (Å²) in [6.45, 7) is 2.53. The number of rotatable bonds is 5. The van der Waals surface area contributed by atoms with E-state index in [1.165, 1.54) is 18.4 Å². The summed E-state index contributed by atoms with van der Waals surface area (Å²) in [6, 6.07) is 5.62. The molecule has 0 bridgehead atoms. The number of fused-ring (bicyclic) bond motifs is 1. The van der Waals surface area contributed by atoms with E-state index in [1.54, 1.807) is 4.57 Å². The first kappa shape index (κ1) is 15.7. The molecule has 1 fully saturated rings. The maximum atomic E-state index is 12.0. The van der Waals surface area contributed by atoms with E-state index < -0.39 is 0 Å². The van der Waals surface area contributed by atoms with Gasteiger partial charge in [-0.25, -0.2) is 0 Å². The van der Waals surface area contributed by atoms with Crippen molar-refractivity contribution >= 4 is 33.4 Å². The third-order valence-corrected chi connectivity index (χ3v) is 4.65. The number of esters is 1. The molecule has 23 heavy (non-hydrogen) atoms. The summed E-state index contributed by atoms with van der Waals surface area (Å²) in [5.74, 6) is 0.316. The number of hydrogen-bond donors (Lipinski definition) is 0. The number of nitrogens with zero attached hydrogens (tertiary/aromatic N) is 2. The minimum Gasteiger partial charge on any atom is -0.494 e. The summed E-state index contributed by atoms with van der Waals surface area (Å²) in [5, 5.41) is 0. The molecule has 122 valence electrons. The highest BCUT2D eigenvalue weighted by atomic mass is 32.1. The molecule has 2 aromatic rings. The predicted molar refractivity (Wildman–Crippen MR) is 86.3 cm³/mol. The molecule has 1 amide bonds. The summed E-state index contributed by atoms with van der Waals surface area (Å²) in [5.41, 5.74) is 0.839. The molecular weight excluding hydrogens is 316 g/mol. The highest BCUT2D eigenvalue weighted by Gasteiger charge is 2.29. The summed E-state index contributed by atoms with van der Waals surface area (Å²) in [7, 11) is 1.34. The van der Waals surface area contributed by atoms with Crippen LogP contribution in [0.2, 0.25) is 0 Å². The number of carbonyl (C=O) groups is 2. The Hall–Kier alpha value is -2.15. The van der Waals surface area contributed by atoms with E-state index in [4.69, 9.17) is 9.47 Å². The van der Waals surface area contributed by atoms with Crippen molar-refractivity contribution < 1.29 is 19.1 Å². The van der Waals surface area contributed by atoms with Crippen LogP contribution in [0.25, 0.3) is 10.2 Å². The monoisotopic (exact) mass is 334 g/mol. The SMILES string of the molecule is CCOc1ccc2c(c1)sc(=NC(=O)C1CC1)n2CC(=O)OC. The van der Waals surface area contributed by atoms with Gasteiger partial charge in [0, 0.05) is 5.92 Å². The van der Waals surface area contributed by atoms with Gasteiger partial charge in [0.15, 0.2) is 4.80 Å². The Morgan fingerprint density at radius 1 is 1.39 bits per heavy atom. The van der Waals surface area contributed by atoms with Crippen LogP contribution in [0.15, 0.2) is 23.2 Å². The van der Waals surface area contributed by atoms with E-state index in [1.807, 2.05) is 25.1 Å². The standard InChI is InChI=1S/C16H18N2O4S/c1-3-22-11-6-7-12-13(8-11)23-16(17-15(20)10-4-5-10)18(12)9-14(19)21-2/h6-8,10H,3-5,9H2,1-2H3. The zero-order valence-corrected chi connectivity index (χ0v) is 13.9. The number of ether oxygens (including phenoxy) is 2. The Morgan fingerprint density at radius 2 is 2.17 bits per heavy atom. The first-order valence-electron chi connectivity index (χ1n) is 7.54. The van der Waals surface area contributed by atoms with Gasteiger partial charge in [0.1, 0.15) is 12.3 Å². The molecule has 0 radical (unpaired) electrons. The number of methoxy groups -OCH3 is 1. The van der Waals surface area contributed by atoms with Gasteiger partial charge >= 0.3 is 5.97 Å². The zero-order valence-electron chi connectivity index (χ0n) is 13.1. The predicted octanol–water partition coefficient (Wildman–Crippen LogP) is 2.11. The van der Waals surface area contributed by atoms with Crippen LogP contribution in [0.1, 0.15) is 19.8 Å². The van der Waals surface area contributed by atoms with Crippen molar-refractivity contribution in [1.29, 1.82) is 0 Å². The summed E-state index contributed by atoms with van der Waals surface area (Å²) in [4.78, 5) is 28.4. The third kappa shape index (κ3) is 3.44. The van der Waals surface area contributed by atoms with Crippen molar-refractivity contribution in [2.24, 2.45) is 10.9 Å². The maximum absolute atomic E-state index is 12.0. The second-order valence-corrected chi connectivity index (χ2v) is 6.34. The van der Waals surface area contributed by atoms with Crippen molar-refractivity contribution in [2.45, 2.75) is 26.3 Å². The number of carbonyl (C=O) groups excluding carboxylic acids is 2. The van der Waals surface area contributed by atoms with Gasteiger partial charge in [-0.05, 0) is 38.0 Å². The molecule has 0 saturated heterocycles. The molecule has 1 heterocycles. The van der Waals surface area contributed by atoms with Gasteiger partial charge in [-0.3, -0.25) is 9.59 Å². The largest absolute Gasteiger partial charge is 0.494 e. The van der Waals surface area contributed by atoms with Gasteiger partial charge in [-0.2, -0.15) is 4.99 Å². The van der Waals surface area contributed by atoms with Crippen molar-refractivity contribution in [1.82, 2.24) is 4.57 Å². The average molecular weight is 334 g/mol. The molecule has 0 N–H and O–H groups in total. The second-order valence-electron chi connectivity index (χ2n) is 5.33. The number of benzene rings is 1. The fraction of sp³-hybridized carbons (Fsp3) is 0.438. The molecule has 0 atom stereocenters. The maximum Gasteiger partial charge on any atom is 0.325 e. The van der Waals surface area contributed by atoms with Crippen LogP contribution in [0.3, 0.4) is 0 Å². The Morgan fingerprint density at radius 3 is 2.83 bits per heavy atom. The van der Waals surface area contributed by atoms with Crippen LogP contribution in [-0.2, 0) is 20.9 Å². The minimum atomic E-state index is -0.376. The lowest BCUT2D eigenvalue weighted by Gasteiger charge is -2.05. The summed E-state index contributed by atoms with van der Waals surface area (Å²) >= 11 is 1.38. The highest BCUT2D eigenvalue weighted by Crippen LogP contribution is 2.30. The van der Waals surface area contributed by atoms with E-state index in [-0.39, 0.29) is 24.3 Å². The van der Waals surface area contributed by atoms with E-state index in [0.29, 0.717) is 11.4 Å². The van der Waals surface area contributed by atoms with Crippen LogP contribution >= 0.6 is 11.3 Å². The molecule has 1 saturated carbocycles. The number of thiazole rings is 1. The third-order valence-electron chi connectivity index (χ3n) is 3.61. The van der Waals surface area contributed by atoms with Crippen molar-refractivity contribution in [3.8, 4) is 5.75 Å². The Kier molecular flexibility index (Phi) is 4.47. The number of amides is 1. The first-order valence-corrected chi connectivity index (χ1v) is 8.35. The highest BCUT2D eigenvalue weighted by molar-refractivity contribution is 7.16. The Bertz CT molecular complexity index is 817. The average Bonchev–Trinajstić information content (AvgIpc) is 3.33. The van der Waals surface area contributed by atoms with Gasteiger partial charge in [-0.1, -0.05) is 11.3 Å². The van der Waals surface area contributed by atoms with Crippen molar-refractivity contribution in [2.75, 3.05) is 13.7 Å². The molecule has 0 spiro atoms. The number of aromatic nitrogens is 1. The number of hydrogen-bond acceptors (Lipinski definition) is 5. The molecule has 1 aliphatic rings. The quantitative estimate of drug-likeness (QED) is 0.785. The van der Waals surface area contributed by atoms with Gasteiger partial charge in [0.05, 0.1) is 23.9 Å². The van der Waals surface area contributed by atoms with Gasteiger partial charge in [0.2, 0.25) is 0 Å². The smallest absolute Gasteiger partial charge is 0.325 e. The zero-order chi connectivity index (χ0) is 16.4. The lowest BCUT2D eigenvalue weighted by atomic mass is 10.3. The van der Waals surface area contributed by atoms with E-state index >= 15 is 0 Å². The van der Waals surface area contributed by atoms with Crippen molar-refractivity contribution in [3.63, 3.8) is 0 Å². The normalized spacial score (nSPS) is 15.0. The van der Waals surface area contributed by atoms with Gasteiger partial charge in [0.25, 0.3) is 5.91 Å². The molecule has 0 aliphatic heterocycles. The Labute approximate surface area is 137 Å². The fourth-order valence-corrected chi connectivity index (χ4v) is 3.32. The lowest BCUT2D eigenvalue weighted by Crippen LogP contribution is -2.22. The van der Waals surface area contributed by atoms with Crippen LogP contribution in [0, 0.1) is 5.92 Å². The molecule has 1 aromatic heterocycles. The molecule has 7 heteroatoms. The van der Waals surface area contributed by atoms with Crippen LogP contribution in [0.5, 0.6) is 5.75 Å². The van der Waals surface area contributed by atoms with Crippen LogP contribution in [0.4, 0.5) is 0 Å². The summed E-state index contributed by atoms with van der Waals surface area (Å²) in [6.07, 6.45) is 1.80. The fourth-order valence-electron chi connectivity index (χ4n) is 2.26. The minimum absolute atomic E-state index is 0.0290.